The summed E-state index contributed by atoms with van der Waals surface area (Å²) >= 11 is 0. The fraction of sp³-hybridized carbons (Fsp3) is 0.538. The first-order valence-electron chi connectivity index (χ1n) is 6.22. The lowest BCUT2D eigenvalue weighted by Gasteiger charge is -2.09. The maximum atomic E-state index is 11.8. The number of benzene rings is 1. The van der Waals surface area contributed by atoms with Crippen LogP contribution in [0.5, 0.6) is 0 Å². The smallest absolute Gasteiger partial charge is 0.240 e. The Morgan fingerprint density at radius 3 is 2.39 bits per heavy atom. The highest BCUT2D eigenvalue weighted by Gasteiger charge is 2.13. The van der Waals surface area contributed by atoms with Crippen LogP contribution < -0.4 is 4.72 Å². The van der Waals surface area contributed by atoms with Crippen LogP contribution in [0.1, 0.15) is 32.3 Å². The molecule has 0 amide bonds. The highest BCUT2D eigenvalue weighted by atomic mass is 32.2. The van der Waals surface area contributed by atoms with E-state index in [4.69, 9.17) is 5.11 Å². The van der Waals surface area contributed by atoms with Crippen molar-refractivity contribution in [2.45, 2.75) is 44.1 Å². The Morgan fingerprint density at radius 2 is 1.89 bits per heavy atom. The highest BCUT2D eigenvalue weighted by Crippen LogP contribution is 2.12. The Balaban J connectivity index is 2.71. The molecule has 0 spiro atoms. The van der Waals surface area contributed by atoms with Gasteiger partial charge in [-0.05, 0) is 37.5 Å². The summed E-state index contributed by atoms with van der Waals surface area (Å²) in [7, 11) is -3.50. The Morgan fingerprint density at radius 1 is 1.28 bits per heavy atom. The van der Waals surface area contributed by atoms with Crippen molar-refractivity contribution in [2.24, 2.45) is 0 Å². The summed E-state index contributed by atoms with van der Waals surface area (Å²) < 4.78 is 26.0. The molecule has 18 heavy (non-hydrogen) atoms. The number of aliphatic hydroxyl groups excluding tert-OH is 1. The fourth-order valence-electron chi connectivity index (χ4n) is 1.53. The molecule has 1 aromatic rings. The van der Waals surface area contributed by atoms with E-state index >= 15 is 0 Å². The van der Waals surface area contributed by atoms with E-state index in [1.54, 1.807) is 12.1 Å². The third-order valence-corrected chi connectivity index (χ3v) is 4.06. The van der Waals surface area contributed by atoms with Crippen LogP contribution in [0.25, 0.3) is 0 Å². The zero-order chi connectivity index (χ0) is 13.6. The van der Waals surface area contributed by atoms with E-state index < -0.39 is 16.1 Å². The molecule has 0 saturated heterocycles. The predicted octanol–water partition coefficient (Wildman–Crippen LogP) is 1.69. The maximum absolute atomic E-state index is 11.8. The molecule has 0 heterocycles. The van der Waals surface area contributed by atoms with Gasteiger partial charge in [-0.2, -0.15) is 0 Å². The molecule has 0 aliphatic heterocycles. The van der Waals surface area contributed by atoms with E-state index in [1.165, 1.54) is 6.92 Å². The van der Waals surface area contributed by atoms with Crippen LogP contribution in [0.2, 0.25) is 0 Å². The van der Waals surface area contributed by atoms with Gasteiger partial charge in [0.2, 0.25) is 10.0 Å². The van der Waals surface area contributed by atoms with Gasteiger partial charge >= 0.3 is 0 Å². The zero-order valence-electron chi connectivity index (χ0n) is 10.9. The summed E-state index contributed by atoms with van der Waals surface area (Å²) in [4.78, 5) is 0.239. The third kappa shape index (κ3) is 4.76. The molecular formula is C13H21NO3S. The minimum Gasteiger partial charge on any atom is -0.392 e. The molecule has 0 aromatic heterocycles. The van der Waals surface area contributed by atoms with Crippen molar-refractivity contribution in [2.75, 3.05) is 6.54 Å². The molecule has 0 fully saturated rings. The van der Waals surface area contributed by atoms with E-state index in [0.29, 0.717) is 0 Å². The largest absolute Gasteiger partial charge is 0.392 e. The van der Waals surface area contributed by atoms with E-state index in [2.05, 4.69) is 11.6 Å². The van der Waals surface area contributed by atoms with Crippen molar-refractivity contribution in [3.63, 3.8) is 0 Å². The number of hydrogen-bond acceptors (Lipinski definition) is 3. The fourth-order valence-corrected chi connectivity index (χ4v) is 2.65. The first kappa shape index (κ1) is 15.1. The van der Waals surface area contributed by atoms with Crippen molar-refractivity contribution in [1.29, 1.82) is 0 Å². The molecule has 5 heteroatoms. The average Bonchev–Trinajstić information content (AvgIpc) is 2.34. The molecule has 0 aliphatic rings. The van der Waals surface area contributed by atoms with Crippen molar-refractivity contribution in [1.82, 2.24) is 4.72 Å². The molecule has 1 rings (SSSR count). The molecule has 4 nitrogen and oxygen atoms in total. The number of unbranched alkanes of at least 4 members (excludes halogenated alkanes) is 1. The van der Waals surface area contributed by atoms with Crippen LogP contribution in [-0.2, 0) is 16.4 Å². The number of aryl methyl sites for hydroxylation is 1. The lowest BCUT2D eigenvalue weighted by atomic mass is 10.1. The first-order chi connectivity index (χ1) is 8.45. The van der Waals surface area contributed by atoms with Crippen LogP contribution in [0.3, 0.4) is 0 Å². The molecule has 102 valence electrons. The van der Waals surface area contributed by atoms with E-state index in [9.17, 15) is 8.42 Å². The van der Waals surface area contributed by atoms with Crippen LogP contribution in [0.15, 0.2) is 29.2 Å². The van der Waals surface area contributed by atoms with Gasteiger partial charge in [0.25, 0.3) is 0 Å². The van der Waals surface area contributed by atoms with Gasteiger partial charge in [0.05, 0.1) is 11.0 Å². The summed E-state index contributed by atoms with van der Waals surface area (Å²) in [6.07, 6.45) is 2.50. The first-order valence-corrected chi connectivity index (χ1v) is 7.70. The minimum atomic E-state index is -3.50. The van der Waals surface area contributed by atoms with Gasteiger partial charge in [0, 0.05) is 6.54 Å². The molecule has 0 bridgehead atoms. The van der Waals surface area contributed by atoms with Gasteiger partial charge in [0.15, 0.2) is 0 Å². The van der Waals surface area contributed by atoms with Gasteiger partial charge in [-0.15, -0.1) is 0 Å². The Bertz CT molecular complexity index is 452. The second-order valence-electron chi connectivity index (χ2n) is 4.45. The van der Waals surface area contributed by atoms with Gasteiger partial charge < -0.3 is 5.11 Å². The highest BCUT2D eigenvalue weighted by molar-refractivity contribution is 7.89. The lowest BCUT2D eigenvalue weighted by Crippen LogP contribution is -2.30. The van der Waals surface area contributed by atoms with Crippen LogP contribution in [0.4, 0.5) is 0 Å². The van der Waals surface area contributed by atoms with Crippen molar-refractivity contribution >= 4 is 10.0 Å². The predicted molar refractivity (Wildman–Crippen MR) is 71.9 cm³/mol. The Labute approximate surface area is 109 Å². The average molecular weight is 271 g/mol. The summed E-state index contributed by atoms with van der Waals surface area (Å²) in [5, 5.41) is 9.08. The second-order valence-corrected chi connectivity index (χ2v) is 6.22. The Hall–Kier alpha value is -0.910. The SMILES string of the molecule is CCCCc1ccc(S(=O)(=O)NCC(C)O)cc1. The molecule has 1 aromatic carbocycles. The normalized spacial score (nSPS) is 13.5. The minimum absolute atomic E-state index is 0.0277. The van der Waals surface area contributed by atoms with E-state index in [-0.39, 0.29) is 11.4 Å². The quantitative estimate of drug-likeness (QED) is 0.793. The maximum Gasteiger partial charge on any atom is 0.240 e. The van der Waals surface area contributed by atoms with Gasteiger partial charge in [-0.3, -0.25) is 0 Å². The molecule has 1 unspecified atom stereocenters. The topological polar surface area (TPSA) is 66.4 Å². The number of nitrogens with one attached hydrogen (secondary N) is 1. The third-order valence-electron chi connectivity index (χ3n) is 2.62. The van der Waals surface area contributed by atoms with Crippen LogP contribution >= 0.6 is 0 Å². The monoisotopic (exact) mass is 271 g/mol. The van der Waals surface area contributed by atoms with Crippen LogP contribution in [0, 0.1) is 0 Å². The molecule has 0 aliphatic carbocycles. The summed E-state index contributed by atoms with van der Waals surface area (Å²) in [5.41, 5.74) is 1.14. The van der Waals surface area contributed by atoms with Gasteiger partial charge in [-0.25, -0.2) is 13.1 Å². The van der Waals surface area contributed by atoms with Crippen molar-refractivity contribution < 1.29 is 13.5 Å². The molecule has 0 radical (unpaired) electrons. The molecule has 2 N–H and O–H groups in total. The van der Waals surface area contributed by atoms with Crippen molar-refractivity contribution in [3.8, 4) is 0 Å². The summed E-state index contributed by atoms with van der Waals surface area (Å²) in [6, 6.07) is 6.89. The summed E-state index contributed by atoms with van der Waals surface area (Å²) in [5.74, 6) is 0. The second kappa shape index (κ2) is 6.87. The van der Waals surface area contributed by atoms with Crippen molar-refractivity contribution in [3.05, 3.63) is 29.8 Å². The summed E-state index contributed by atoms with van der Waals surface area (Å²) in [6.45, 7) is 3.69. The zero-order valence-corrected chi connectivity index (χ0v) is 11.7. The number of rotatable bonds is 7. The van der Waals surface area contributed by atoms with E-state index in [0.717, 1.165) is 24.8 Å². The molecule has 0 saturated carbocycles. The molecule has 1 atom stereocenters. The number of sulfonamides is 1. The van der Waals surface area contributed by atoms with Gasteiger partial charge in [-0.1, -0.05) is 25.5 Å². The van der Waals surface area contributed by atoms with E-state index in [1.807, 2.05) is 12.1 Å². The molecular weight excluding hydrogens is 250 g/mol. The Kier molecular flexibility index (Phi) is 5.78. The lowest BCUT2D eigenvalue weighted by molar-refractivity contribution is 0.198. The number of hydrogen-bond donors (Lipinski definition) is 2. The van der Waals surface area contributed by atoms with Crippen LogP contribution in [-0.4, -0.2) is 26.2 Å². The number of aliphatic hydroxyl groups is 1. The standard InChI is InChI=1S/C13H21NO3S/c1-3-4-5-12-6-8-13(9-7-12)18(16,17)14-10-11(2)15/h6-9,11,14-15H,3-5,10H2,1-2H3. The van der Waals surface area contributed by atoms with Gasteiger partial charge in [0.1, 0.15) is 0 Å².